The fourth-order valence-corrected chi connectivity index (χ4v) is 2.27. The number of carbonyl (C=O) groups excluding carboxylic acids is 1. The van der Waals surface area contributed by atoms with E-state index in [1.165, 1.54) is 0 Å². The molecule has 5 N–H and O–H groups in total. The molecule has 3 rings (SSSR count). The van der Waals surface area contributed by atoms with Gasteiger partial charge in [-0.2, -0.15) is 0 Å². The molecule has 0 saturated carbocycles. The zero-order valence-corrected chi connectivity index (χ0v) is 12.9. The Hall–Kier alpha value is -3.25. The Bertz CT molecular complexity index is 834. The second-order valence-corrected chi connectivity index (χ2v) is 5.25. The molecule has 1 amide bonds. The van der Waals surface area contributed by atoms with Crippen LogP contribution in [0.1, 0.15) is 27.8 Å². The van der Waals surface area contributed by atoms with E-state index >= 15 is 0 Å². The first kappa shape index (κ1) is 15.6. The third-order valence-corrected chi connectivity index (χ3v) is 3.60. The summed E-state index contributed by atoms with van der Waals surface area (Å²) in [6.07, 6.45) is 3.29. The second kappa shape index (κ2) is 6.89. The number of nitrogens with two attached hydrogens (primary N) is 2. The zero-order valence-electron chi connectivity index (χ0n) is 12.9. The van der Waals surface area contributed by atoms with Crippen molar-refractivity contribution in [1.29, 1.82) is 0 Å². The molecule has 0 aliphatic rings. The smallest absolute Gasteiger partial charge is 0.255 e. The first-order valence-corrected chi connectivity index (χ1v) is 7.43. The van der Waals surface area contributed by atoms with E-state index in [4.69, 9.17) is 11.5 Å². The Balaban J connectivity index is 1.75. The Morgan fingerprint density at radius 3 is 2.29 bits per heavy atom. The standard InChI is InChI=1S/C18H17N5O/c19-14-4-1-2-5-15(14)23-18(24)13-8-6-12(7-9-13)16(20)17-21-10-3-11-22-17/h1-11,16H,19-20H2,(H,23,24). The van der Waals surface area contributed by atoms with E-state index in [1.54, 1.807) is 54.9 Å². The van der Waals surface area contributed by atoms with Gasteiger partial charge in [0.15, 0.2) is 0 Å². The van der Waals surface area contributed by atoms with Crippen molar-refractivity contribution in [3.63, 3.8) is 0 Å². The largest absolute Gasteiger partial charge is 0.397 e. The van der Waals surface area contributed by atoms with Gasteiger partial charge < -0.3 is 16.8 Å². The highest BCUT2D eigenvalue weighted by Crippen LogP contribution is 2.19. The number of para-hydroxylation sites is 2. The van der Waals surface area contributed by atoms with Crippen LogP contribution in [-0.2, 0) is 0 Å². The number of aromatic nitrogens is 2. The van der Waals surface area contributed by atoms with Crippen molar-refractivity contribution < 1.29 is 4.79 Å². The molecule has 0 aliphatic carbocycles. The van der Waals surface area contributed by atoms with Crippen LogP contribution in [0.2, 0.25) is 0 Å². The molecule has 2 aromatic carbocycles. The highest BCUT2D eigenvalue weighted by molar-refractivity contribution is 6.05. The predicted molar refractivity (Wildman–Crippen MR) is 93.3 cm³/mol. The van der Waals surface area contributed by atoms with Gasteiger partial charge in [-0.1, -0.05) is 24.3 Å². The van der Waals surface area contributed by atoms with E-state index in [-0.39, 0.29) is 5.91 Å². The average Bonchev–Trinajstić information content (AvgIpc) is 2.64. The normalized spacial score (nSPS) is 11.7. The number of nitrogens with one attached hydrogen (secondary N) is 1. The maximum Gasteiger partial charge on any atom is 0.255 e. The first-order valence-electron chi connectivity index (χ1n) is 7.43. The van der Waals surface area contributed by atoms with Crippen LogP contribution >= 0.6 is 0 Å². The van der Waals surface area contributed by atoms with Crippen molar-refractivity contribution in [3.05, 3.63) is 83.9 Å². The number of hydrogen-bond acceptors (Lipinski definition) is 5. The number of rotatable bonds is 4. The van der Waals surface area contributed by atoms with E-state index in [9.17, 15) is 4.79 Å². The third kappa shape index (κ3) is 3.39. The fraction of sp³-hybridized carbons (Fsp3) is 0.0556. The molecule has 0 aliphatic heterocycles. The van der Waals surface area contributed by atoms with E-state index < -0.39 is 6.04 Å². The number of nitrogen functional groups attached to an aromatic ring is 1. The average molecular weight is 319 g/mol. The minimum absolute atomic E-state index is 0.232. The molecule has 6 nitrogen and oxygen atoms in total. The lowest BCUT2D eigenvalue weighted by atomic mass is 10.0. The molecular weight excluding hydrogens is 302 g/mol. The Kier molecular flexibility index (Phi) is 4.49. The first-order chi connectivity index (χ1) is 11.6. The number of benzene rings is 2. The number of anilines is 2. The van der Waals surface area contributed by atoms with Crippen molar-refractivity contribution in [1.82, 2.24) is 9.97 Å². The predicted octanol–water partition coefficient (Wildman–Crippen LogP) is 2.36. The molecule has 0 fully saturated rings. The van der Waals surface area contributed by atoms with Gasteiger partial charge in [-0.3, -0.25) is 4.79 Å². The van der Waals surface area contributed by atoms with Crippen LogP contribution in [-0.4, -0.2) is 15.9 Å². The van der Waals surface area contributed by atoms with Gasteiger partial charge in [0.2, 0.25) is 0 Å². The van der Waals surface area contributed by atoms with Crippen LogP contribution < -0.4 is 16.8 Å². The molecule has 1 atom stereocenters. The molecule has 1 unspecified atom stereocenters. The van der Waals surface area contributed by atoms with Crippen LogP contribution in [0.3, 0.4) is 0 Å². The number of hydrogen-bond donors (Lipinski definition) is 3. The summed E-state index contributed by atoms with van der Waals surface area (Å²) in [5, 5.41) is 2.79. The zero-order chi connectivity index (χ0) is 16.9. The van der Waals surface area contributed by atoms with Crippen molar-refractivity contribution in [3.8, 4) is 0 Å². The van der Waals surface area contributed by atoms with Gasteiger partial charge in [0.1, 0.15) is 5.82 Å². The van der Waals surface area contributed by atoms with Gasteiger partial charge in [0.05, 0.1) is 17.4 Å². The summed E-state index contributed by atoms with van der Waals surface area (Å²) >= 11 is 0. The quantitative estimate of drug-likeness (QED) is 0.640. The monoisotopic (exact) mass is 319 g/mol. The van der Waals surface area contributed by atoms with Gasteiger partial charge in [-0.15, -0.1) is 0 Å². The van der Waals surface area contributed by atoms with Gasteiger partial charge in [-0.25, -0.2) is 9.97 Å². The topological polar surface area (TPSA) is 107 Å². The summed E-state index contributed by atoms with van der Waals surface area (Å²) in [5.41, 5.74) is 14.4. The summed E-state index contributed by atoms with van der Waals surface area (Å²) in [6.45, 7) is 0. The Morgan fingerprint density at radius 2 is 1.62 bits per heavy atom. The Labute approximate surface area is 139 Å². The minimum atomic E-state index is -0.437. The molecule has 120 valence electrons. The summed E-state index contributed by atoms with van der Waals surface area (Å²) in [6, 6.07) is 15.4. The number of carbonyl (C=O) groups is 1. The van der Waals surface area contributed by atoms with Gasteiger partial charge in [0.25, 0.3) is 5.91 Å². The molecule has 0 radical (unpaired) electrons. The lowest BCUT2D eigenvalue weighted by Crippen LogP contribution is -2.16. The molecule has 24 heavy (non-hydrogen) atoms. The molecule has 0 bridgehead atoms. The van der Waals surface area contributed by atoms with Crippen LogP contribution in [0.25, 0.3) is 0 Å². The molecule has 1 aromatic heterocycles. The van der Waals surface area contributed by atoms with Crippen molar-refractivity contribution in [2.24, 2.45) is 5.73 Å². The second-order valence-electron chi connectivity index (χ2n) is 5.25. The molecule has 0 spiro atoms. The SMILES string of the molecule is Nc1ccccc1NC(=O)c1ccc(C(N)c2ncccn2)cc1. The van der Waals surface area contributed by atoms with Crippen molar-refractivity contribution >= 4 is 17.3 Å². The van der Waals surface area contributed by atoms with E-state index in [1.807, 2.05) is 12.1 Å². The maximum atomic E-state index is 12.3. The lowest BCUT2D eigenvalue weighted by molar-refractivity contribution is 0.102. The van der Waals surface area contributed by atoms with Crippen molar-refractivity contribution in [2.75, 3.05) is 11.1 Å². The van der Waals surface area contributed by atoms with Crippen molar-refractivity contribution in [2.45, 2.75) is 6.04 Å². The highest BCUT2D eigenvalue weighted by atomic mass is 16.1. The molecule has 3 aromatic rings. The number of amides is 1. The summed E-state index contributed by atoms with van der Waals surface area (Å²) < 4.78 is 0. The van der Waals surface area contributed by atoms with E-state index in [0.717, 1.165) is 5.56 Å². The third-order valence-electron chi connectivity index (χ3n) is 3.60. The fourth-order valence-electron chi connectivity index (χ4n) is 2.27. The van der Waals surface area contributed by atoms with Crippen LogP contribution in [0, 0.1) is 0 Å². The minimum Gasteiger partial charge on any atom is -0.397 e. The molecular formula is C18H17N5O. The number of nitrogens with zero attached hydrogens (tertiary/aromatic N) is 2. The van der Waals surface area contributed by atoms with E-state index in [0.29, 0.717) is 22.8 Å². The van der Waals surface area contributed by atoms with Gasteiger partial charge in [-0.05, 0) is 35.9 Å². The van der Waals surface area contributed by atoms with Crippen LogP contribution in [0.4, 0.5) is 11.4 Å². The maximum absolute atomic E-state index is 12.3. The van der Waals surface area contributed by atoms with Crippen LogP contribution in [0.5, 0.6) is 0 Å². The van der Waals surface area contributed by atoms with E-state index in [2.05, 4.69) is 15.3 Å². The summed E-state index contributed by atoms with van der Waals surface area (Å²) in [4.78, 5) is 20.6. The molecule has 1 heterocycles. The summed E-state index contributed by atoms with van der Waals surface area (Å²) in [7, 11) is 0. The molecule has 0 saturated heterocycles. The van der Waals surface area contributed by atoms with Gasteiger partial charge >= 0.3 is 0 Å². The highest BCUT2D eigenvalue weighted by Gasteiger charge is 2.13. The molecule has 6 heteroatoms. The van der Waals surface area contributed by atoms with Crippen LogP contribution in [0.15, 0.2) is 67.0 Å². The summed E-state index contributed by atoms with van der Waals surface area (Å²) in [5.74, 6) is 0.302. The Morgan fingerprint density at radius 1 is 0.958 bits per heavy atom. The lowest BCUT2D eigenvalue weighted by Gasteiger charge is -2.11. The van der Waals surface area contributed by atoms with Gasteiger partial charge in [0, 0.05) is 18.0 Å².